The Bertz CT molecular complexity index is 1080. The van der Waals surface area contributed by atoms with Gasteiger partial charge < -0.3 is 9.84 Å². The van der Waals surface area contributed by atoms with Crippen LogP contribution in [0.2, 0.25) is 5.02 Å². The summed E-state index contributed by atoms with van der Waals surface area (Å²) < 4.78 is 6.63. The summed E-state index contributed by atoms with van der Waals surface area (Å²) >= 11 is 7.16. The van der Waals surface area contributed by atoms with Crippen LogP contribution in [-0.2, 0) is 6.54 Å². The van der Waals surface area contributed by atoms with Gasteiger partial charge in [-0.15, -0.1) is 0 Å². The molecule has 0 aliphatic heterocycles. The van der Waals surface area contributed by atoms with Crippen molar-refractivity contribution in [2.45, 2.75) is 24.7 Å². The van der Waals surface area contributed by atoms with Gasteiger partial charge in [-0.1, -0.05) is 35.5 Å². The van der Waals surface area contributed by atoms with Crippen LogP contribution >= 0.6 is 23.4 Å². The Labute approximate surface area is 171 Å². The van der Waals surface area contributed by atoms with Crippen molar-refractivity contribution in [2.24, 2.45) is 0 Å². The van der Waals surface area contributed by atoms with E-state index in [1.807, 2.05) is 0 Å². The first-order valence-electron chi connectivity index (χ1n) is 8.58. The van der Waals surface area contributed by atoms with E-state index in [9.17, 15) is 14.7 Å². The molecule has 28 heavy (non-hydrogen) atoms. The van der Waals surface area contributed by atoms with Crippen LogP contribution in [0.3, 0.4) is 0 Å². The quantitative estimate of drug-likeness (QED) is 0.359. The molecule has 1 aromatic heterocycles. The molecule has 1 atom stereocenters. The molecule has 3 rings (SSSR count). The number of ether oxygens (including phenoxy) is 1. The predicted octanol–water partition coefficient (Wildman–Crippen LogP) is 3.41. The molecule has 0 saturated heterocycles. The average Bonchev–Trinajstić information content (AvgIpc) is 2.68. The van der Waals surface area contributed by atoms with E-state index in [0.29, 0.717) is 32.4 Å². The van der Waals surface area contributed by atoms with E-state index in [1.165, 1.54) is 11.7 Å². The van der Waals surface area contributed by atoms with Gasteiger partial charge >= 0.3 is 0 Å². The number of hydrogen-bond acceptors (Lipinski definition) is 6. The smallest absolute Gasteiger partial charge is 0.262 e. The van der Waals surface area contributed by atoms with Crippen LogP contribution in [0.15, 0.2) is 52.4 Å². The van der Waals surface area contributed by atoms with Gasteiger partial charge in [0, 0.05) is 5.02 Å². The molecule has 0 aliphatic carbocycles. The number of carbonyl (C=O) groups excluding carboxylic acids is 1. The molecule has 3 aromatic rings. The zero-order valence-electron chi connectivity index (χ0n) is 15.4. The number of aliphatic hydroxyl groups is 1. The molecule has 0 radical (unpaired) electrons. The number of rotatable bonds is 7. The van der Waals surface area contributed by atoms with E-state index in [0.717, 1.165) is 11.8 Å². The second-order valence-electron chi connectivity index (χ2n) is 6.23. The minimum Gasteiger partial charge on any atom is -0.496 e. The number of Topliss-reactive ketones (excluding diaryl/α,β-unsaturated/α-hetero) is 1. The van der Waals surface area contributed by atoms with Crippen LogP contribution < -0.4 is 10.3 Å². The lowest BCUT2D eigenvalue weighted by Crippen LogP contribution is -2.28. The third-order valence-electron chi connectivity index (χ3n) is 4.07. The predicted molar refractivity (Wildman–Crippen MR) is 111 cm³/mol. The number of carbonyl (C=O) groups is 1. The zero-order valence-corrected chi connectivity index (χ0v) is 17.0. The van der Waals surface area contributed by atoms with Crippen molar-refractivity contribution in [2.75, 3.05) is 12.9 Å². The monoisotopic (exact) mass is 418 g/mol. The summed E-state index contributed by atoms with van der Waals surface area (Å²) in [7, 11) is 1.51. The number of aromatic nitrogens is 2. The fourth-order valence-electron chi connectivity index (χ4n) is 2.79. The molecule has 0 unspecified atom stereocenters. The molecule has 6 nitrogen and oxygen atoms in total. The third-order valence-corrected chi connectivity index (χ3v) is 5.28. The highest BCUT2D eigenvalue weighted by molar-refractivity contribution is 7.99. The van der Waals surface area contributed by atoms with Gasteiger partial charge in [-0.2, -0.15) is 0 Å². The Balaban J connectivity index is 1.97. The number of fused-ring (bicyclic) bond motifs is 1. The van der Waals surface area contributed by atoms with Gasteiger partial charge in [0.2, 0.25) is 0 Å². The van der Waals surface area contributed by atoms with E-state index in [2.05, 4.69) is 4.98 Å². The van der Waals surface area contributed by atoms with Gasteiger partial charge in [-0.05, 0) is 37.3 Å². The van der Waals surface area contributed by atoms with Crippen molar-refractivity contribution in [3.8, 4) is 5.75 Å². The maximum absolute atomic E-state index is 12.9. The standard InChI is InChI=1S/C20H19ClN2O4S/c1-12(24)10-23-19(26)14-8-7-13(21)9-16(14)22-20(23)28-11-17(25)15-5-3-4-6-18(15)27-2/h3-9,12,24H,10-11H2,1-2H3/t12-/m0/s1. The molecule has 1 N–H and O–H groups in total. The fraction of sp³-hybridized carbons (Fsp3) is 0.250. The minimum absolute atomic E-state index is 0.0682. The number of benzene rings is 2. The van der Waals surface area contributed by atoms with E-state index in [-0.39, 0.29) is 23.6 Å². The second kappa shape index (κ2) is 8.77. The van der Waals surface area contributed by atoms with Crippen LogP contribution in [0.4, 0.5) is 0 Å². The van der Waals surface area contributed by atoms with Gasteiger partial charge in [0.25, 0.3) is 5.56 Å². The Morgan fingerprint density at radius 3 is 2.79 bits per heavy atom. The molecule has 0 saturated carbocycles. The van der Waals surface area contributed by atoms with Crippen molar-refractivity contribution in [1.82, 2.24) is 9.55 Å². The van der Waals surface area contributed by atoms with Crippen LogP contribution in [0.25, 0.3) is 10.9 Å². The maximum Gasteiger partial charge on any atom is 0.262 e. The summed E-state index contributed by atoms with van der Waals surface area (Å²) in [5.74, 6) is 0.415. The number of aliphatic hydroxyl groups excluding tert-OH is 1. The molecule has 0 bridgehead atoms. The first-order chi connectivity index (χ1) is 13.4. The fourth-order valence-corrected chi connectivity index (χ4v) is 3.85. The van der Waals surface area contributed by atoms with Crippen LogP contribution in [0.1, 0.15) is 17.3 Å². The Kier molecular flexibility index (Phi) is 6.39. The first-order valence-corrected chi connectivity index (χ1v) is 9.94. The van der Waals surface area contributed by atoms with Crippen molar-refractivity contribution < 1.29 is 14.6 Å². The number of thioether (sulfide) groups is 1. The summed E-state index contributed by atoms with van der Waals surface area (Å²) in [5.41, 5.74) is 0.632. The molecule has 8 heteroatoms. The number of para-hydroxylation sites is 1. The maximum atomic E-state index is 12.9. The highest BCUT2D eigenvalue weighted by atomic mass is 35.5. The lowest BCUT2D eigenvalue weighted by molar-refractivity contribution is 0.101. The van der Waals surface area contributed by atoms with E-state index in [4.69, 9.17) is 16.3 Å². The van der Waals surface area contributed by atoms with Crippen molar-refractivity contribution >= 4 is 40.0 Å². The summed E-state index contributed by atoms with van der Waals surface area (Å²) in [4.78, 5) is 30.0. The topological polar surface area (TPSA) is 81.4 Å². The van der Waals surface area contributed by atoms with Gasteiger partial charge in [-0.25, -0.2) is 4.98 Å². The van der Waals surface area contributed by atoms with Gasteiger partial charge in [0.1, 0.15) is 5.75 Å². The Morgan fingerprint density at radius 1 is 1.32 bits per heavy atom. The van der Waals surface area contributed by atoms with Crippen molar-refractivity contribution in [3.63, 3.8) is 0 Å². The number of hydrogen-bond donors (Lipinski definition) is 1. The number of ketones is 1. The number of halogens is 1. The highest BCUT2D eigenvalue weighted by Crippen LogP contribution is 2.24. The summed E-state index contributed by atoms with van der Waals surface area (Å²) in [6, 6.07) is 11.8. The summed E-state index contributed by atoms with van der Waals surface area (Å²) in [6.07, 6.45) is -0.742. The summed E-state index contributed by atoms with van der Waals surface area (Å²) in [5, 5.41) is 11.0. The SMILES string of the molecule is COc1ccccc1C(=O)CSc1nc2cc(Cl)ccc2c(=O)n1C[C@H](C)O. The van der Waals surface area contributed by atoms with Gasteiger partial charge in [-0.3, -0.25) is 14.2 Å². The molecular weight excluding hydrogens is 400 g/mol. The zero-order chi connectivity index (χ0) is 20.3. The molecule has 1 heterocycles. The second-order valence-corrected chi connectivity index (χ2v) is 7.61. The molecule has 2 aromatic carbocycles. The number of methoxy groups -OCH3 is 1. The molecule has 0 amide bonds. The molecule has 0 spiro atoms. The van der Waals surface area contributed by atoms with E-state index < -0.39 is 6.10 Å². The van der Waals surface area contributed by atoms with E-state index >= 15 is 0 Å². The largest absolute Gasteiger partial charge is 0.496 e. The van der Waals surface area contributed by atoms with Crippen molar-refractivity contribution in [3.05, 3.63) is 63.4 Å². The first kappa shape index (κ1) is 20.4. The van der Waals surface area contributed by atoms with Crippen LogP contribution in [0.5, 0.6) is 5.75 Å². The van der Waals surface area contributed by atoms with Crippen LogP contribution in [0, 0.1) is 0 Å². The Hall–Kier alpha value is -2.35. The number of nitrogens with zero attached hydrogens (tertiary/aromatic N) is 2. The molecule has 0 fully saturated rings. The lowest BCUT2D eigenvalue weighted by atomic mass is 10.1. The Morgan fingerprint density at radius 2 is 2.07 bits per heavy atom. The van der Waals surface area contributed by atoms with Crippen LogP contribution in [-0.4, -0.2) is 39.4 Å². The molecule has 0 aliphatic rings. The lowest BCUT2D eigenvalue weighted by Gasteiger charge is -2.14. The van der Waals surface area contributed by atoms with Crippen molar-refractivity contribution in [1.29, 1.82) is 0 Å². The molecular formula is C20H19ClN2O4S. The summed E-state index contributed by atoms with van der Waals surface area (Å²) in [6.45, 7) is 1.67. The normalized spacial score (nSPS) is 12.1. The minimum atomic E-state index is -0.742. The average molecular weight is 419 g/mol. The third kappa shape index (κ3) is 4.38. The molecule has 146 valence electrons. The van der Waals surface area contributed by atoms with Gasteiger partial charge in [0.15, 0.2) is 10.9 Å². The highest BCUT2D eigenvalue weighted by Gasteiger charge is 2.17. The van der Waals surface area contributed by atoms with Gasteiger partial charge in [0.05, 0.1) is 42.0 Å². The van der Waals surface area contributed by atoms with E-state index in [1.54, 1.807) is 49.4 Å².